The van der Waals surface area contributed by atoms with Gasteiger partial charge in [-0.05, 0) is 31.4 Å². The van der Waals surface area contributed by atoms with Crippen molar-refractivity contribution in [3.8, 4) is 0 Å². The predicted octanol–water partition coefficient (Wildman–Crippen LogP) is 0.909. The minimum atomic E-state index is 0.0996. The number of pyridine rings is 1. The fraction of sp³-hybridized carbons (Fsp3) is 0.545. The summed E-state index contributed by atoms with van der Waals surface area (Å²) in [6.45, 7) is 3.61. The Kier molecular flexibility index (Phi) is 2.68. The van der Waals surface area contributed by atoms with Crippen LogP contribution in [0.4, 0.5) is 0 Å². The predicted molar refractivity (Wildman–Crippen MR) is 56.5 cm³/mol. The van der Waals surface area contributed by atoms with Crippen LogP contribution in [0, 0.1) is 6.92 Å². The molecule has 1 heterocycles. The molecule has 3 heteroatoms. The molecule has 76 valence electrons. The highest BCUT2D eigenvalue weighted by Gasteiger charge is 2.19. The summed E-state index contributed by atoms with van der Waals surface area (Å²) in [5, 5.41) is 3.39. The van der Waals surface area contributed by atoms with Crippen LogP contribution in [-0.2, 0) is 6.54 Å². The van der Waals surface area contributed by atoms with Gasteiger partial charge in [0.2, 0.25) is 0 Å². The summed E-state index contributed by atoms with van der Waals surface area (Å²) in [7, 11) is 0. The molecule has 1 N–H and O–H groups in total. The molecule has 1 fully saturated rings. The average Bonchev–Trinajstić information content (AvgIpc) is 2.92. The highest BCUT2D eigenvalue weighted by atomic mass is 16.1. The molecule has 1 aliphatic rings. The summed E-state index contributed by atoms with van der Waals surface area (Å²) in [5.74, 6) is 0. The summed E-state index contributed by atoms with van der Waals surface area (Å²) in [6.07, 6.45) is 4.46. The van der Waals surface area contributed by atoms with Crippen LogP contribution in [0.25, 0.3) is 0 Å². The number of nitrogens with one attached hydrogen (secondary N) is 1. The Hall–Kier alpha value is -1.09. The van der Waals surface area contributed by atoms with Crippen molar-refractivity contribution in [1.29, 1.82) is 0 Å². The van der Waals surface area contributed by atoms with Crippen molar-refractivity contribution in [3.63, 3.8) is 0 Å². The highest BCUT2D eigenvalue weighted by Crippen LogP contribution is 2.17. The van der Waals surface area contributed by atoms with Gasteiger partial charge in [-0.2, -0.15) is 0 Å². The van der Waals surface area contributed by atoms with Crippen molar-refractivity contribution in [3.05, 3.63) is 34.2 Å². The molecular weight excluding hydrogens is 176 g/mol. The van der Waals surface area contributed by atoms with Gasteiger partial charge in [-0.25, -0.2) is 0 Å². The van der Waals surface area contributed by atoms with Gasteiger partial charge in [-0.3, -0.25) is 4.79 Å². The van der Waals surface area contributed by atoms with E-state index in [9.17, 15) is 4.79 Å². The van der Waals surface area contributed by atoms with Crippen molar-refractivity contribution < 1.29 is 0 Å². The molecule has 0 radical (unpaired) electrons. The van der Waals surface area contributed by atoms with Crippen LogP contribution in [0.3, 0.4) is 0 Å². The van der Waals surface area contributed by atoms with Crippen LogP contribution in [0.1, 0.15) is 18.4 Å². The molecule has 0 amide bonds. The van der Waals surface area contributed by atoms with Crippen LogP contribution in [0.2, 0.25) is 0 Å². The monoisotopic (exact) mass is 192 g/mol. The van der Waals surface area contributed by atoms with Gasteiger partial charge in [0.25, 0.3) is 5.56 Å². The van der Waals surface area contributed by atoms with Crippen LogP contribution in [0.5, 0.6) is 0 Å². The van der Waals surface area contributed by atoms with E-state index in [4.69, 9.17) is 0 Å². The Morgan fingerprint density at radius 3 is 3.00 bits per heavy atom. The molecule has 0 spiro atoms. The summed E-state index contributed by atoms with van der Waals surface area (Å²) in [6, 6.07) is 4.37. The lowest BCUT2D eigenvalue weighted by molar-refractivity contribution is 0.582. The number of aryl methyl sites for hydroxylation is 1. The molecule has 0 aliphatic heterocycles. The molecule has 1 aromatic heterocycles. The summed E-state index contributed by atoms with van der Waals surface area (Å²) in [5.41, 5.74) is 1.13. The maximum absolute atomic E-state index is 11.5. The van der Waals surface area contributed by atoms with Crippen molar-refractivity contribution in [1.82, 2.24) is 9.88 Å². The van der Waals surface area contributed by atoms with Crippen molar-refractivity contribution in [2.75, 3.05) is 6.54 Å². The zero-order valence-electron chi connectivity index (χ0n) is 8.49. The van der Waals surface area contributed by atoms with Gasteiger partial charge < -0.3 is 9.88 Å². The third-order valence-corrected chi connectivity index (χ3v) is 2.51. The maximum atomic E-state index is 11.5. The first-order chi connectivity index (χ1) is 6.75. The van der Waals surface area contributed by atoms with E-state index in [1.807, 2.05) is 19.2 Å². The first-order valence-corrected chi connectivity index (χ1v) is 5.16. The summed E-state index contributed by atoms with van der Waals surface area (Å²) >= 11 is 0. The molecular formula is C11H16N2O. The van der Waals surface area contributed by atoms with Crippen molar-refractivity contribution in [2.24, 2.45) is 0 Å². The molecule has 1 aromatic rings. The van der Waals surface area contributed by atoms with Crippen LogP contribution >= 0.6 is 0 Å². The molecule has 0 saturated heterocycles. The second-order valence-electron chi connectivity index (χ2n) is 3.96. The van der Waals surface area contributed by atoms with Gasteiger partial charge >= 0.3 is 0 Å². The molecule has 14 heavy (non-hydrogen) atoms. The average molecular weight is 192 g/mol. The van der Waals surface area contributed by atoms with Gasteiger partial charge in [0, 0.05) is 31.4 Å². The normalized spacial score (nSPS) is 15.8. The number of rotatable bonds is 4. The lowest BCUT2D eigenvalue weighted by atomic mass is 10.3. The van der Waals surface area contributed by atoms with Gasteiger partial charge in [-0.1, -0.05) is 0 Å². The second kappa shape index (κ2) is 3.96. The Balaban J connectivity index is 1.91. The highest BCUT2D eigenvalue weighted by molar-refractivity contribution is 5.07. The number of hydrogen-bond acceptors (Lipinski definition) is 2. The Bertz CT molecular complexity index is 366. The quantitative estimate of drug-likeness (QED) is 0.769. The van der Waals surface area contributed by atoms with E-state index < -0.39 is 0 Å². The van der Waals surface area contributed by atoms with E-state index in [0.717, 1.165) is 24.7 Å². The molecule has 0 aromatic carbocycles. The van der Waals surface area contributed by atoms with Crippen LogP contribution in [-0.4, -0.2) is 17.2 Å². The third-order valence-electron chi connectivity index (χ3n) is 2.51. The number of aromatic nitrogens is 1. The smallest absolute Gasteiger partial charge is 0.250 e. The largest absolute Gasteiger partial charge is 0.314 e. The zero-order chi connectivity index (χ0) is 9.97. The molecule has 0 unspecified atom stereocenters. The van der Waals surface area contributed by atoms with E-state index in [0.29, 0.717) is 0 Å². The first-order valence-electron chi connectivity index (χ1n) is 5.16. The Morgan fingerprint density at radius 1 is 1.57 bits per heavy atom. The Labute approximate surface area is 83.8 Å². The second-order valence-corrected chi connectivity index (χ2v) is 3.96. The van der Waals surface area contributed by atoms with E-state index >= 15 is 0 Å². The summed E-state index contributed by atoms with van der Waals surface area (Å²) in [4.78, 5) is 11.5. The topological polar surface area (TPSA) is 34.0 Å². The van der Waals surface area contributed by atoms with E-state index in [1.165, 1.54) is 12.8 Å². The molecule has 1 saturated carbocycles. The van der Waals surface area contributed by atoms with Gasteiger partial charge in [0.05, 0.1) is 0 Å². The summed E-state index contributed by atoms with van der Waals surface area (Å²) < 4.78 is 1.75. The lowest BCUT2D eigenvalue weighted by Gasteiger charge is -2.06. The number of hydrogen-bond donors (Lipinski definition) is 1. The van der Waals surface area contributed by atoms with Crippen LogP contribution < -0.4 is 10.9 Å². The van der Waals surface area contributed by atoms with Gasteiger partial charge in [0.1, 0.15) is 0 Å². The van der Waals surface area contributed by atoms with Crippen LogP contribution in [0.15, 0.2) is 23.1 Å². The Morgan fingerprint density at radius 2 is 2.36 bits per heavy atom. The van der Waals surface area contributed by atoms with E-state index in [1.54, 1.807) is 10.6 Å². The first kappa shape index (κ1) is 9.46. The fourth-order valence-electron chi connectivity index (χ4n) is 1.47. The van der Waals surface area contributed by atoms with Gasteiger partial charge in [0.15, 0.2) is 0 Å². The lowest BCUT2D eigenvalue weighted by Crippen LogP contribution is -2.27. The fourth-order valence-corrected chi connectivity index (χ4v) is 1.47. The molecule has 2 rings (SSSR count). The van der Waals surface area contributed by atoms with E-state index in [2.05, 4.69) is 5.32 Å². The third kappa shape index (κ3) is 2.45. The van der Waals surface area contributed by atoms with Crippen molar-refractivity contribution in [2.45, 2.75) is 32.4 Å². The zero-order valence-corrected chi connectivity index (χ0v) is 8.49. The SMILES string of the molecule is Cc1ccn(CCNC2CC2)c(=O)c1. The number of nitrogens with zero attached hydrogens (tertiary/aromatic N) is 1. The molecule has 0 atom stereocenters. The van der Waals surface area contributed by atoms with Crippen molar-refractivity contribution >= 4 is 0 Å². The molecule has 1 aliphatic carbocycles. The molecule has 3 nitrogen and oxygen atoms in total. The molecule has 0 bridgehead atoms. The minimum Gasteiger partial charge on any atom is -0.314 e. The van der Waals surface area contributed by atoms with E-state index in [-0.39, 0.29) is 5.56 Å². The maximum Gasteiger partial charge on any atom is 0.250 e. The minimum absolute atomic E-state index is 0.0996. The standard InChI is InChI=1S/C11H16N2O/c1-9-4-6-13(11(14)8-9)7-5-12-10-2-3-10/h4,6,8,10,12H,2-3,5,7H2,1H3. The van der Waals surface area contributed by atoms with Gasteiger partial charge in [-0.15, -0.1) is 0 Å².